The highest BCUT2D eigenvalue weighted by molar-refractivity contribution is 5.97. The Labute approximate surface area is 110 Å². The maximum absolute atomic E-state index is 11.1. The molecule has 0 bridgehead atoms. The van der Waals surface area contributed by atoms with Crippen LogP contribution in [0.15, 0.2) is 18.2 Å². The summed E-state index contributed by atoms with van der Waals surface area (Å²) >= 11 is 0. The number of para-hydroxylation sites is 1. The summed E-state index contributed by atoms with van der Waals surface area (Å²) < 4.78 is 5.00. The van der Waals surface area contributed by atoms with Gasteiger partial charge in [0, 0.05) is 13.2 Å². The quantitative estimate of drug-likeness (QED) is 0.605. The Bertz CT molecular complexity index is 467. The van der Waals surface area contributed by atoms with Crippen molar-refractivity contribution >= 4 is 17.3 Å². The molecule has 0 aromatic heterocycles. The summed E-state index contributed by atoms with van der Waals surface area (Å²) in [4.78, 5) is 21.5. The second-order valence-corrected chi connectivity index (χ2v) is 4.70. The topological polar surface area (TPSA) is 102 Å². The van der Waals surface area contributed by atoms with E-state index >= 15 is 0 Å². The molecule has 7 nitrogen and oxygen atoms in total. The van der Waals surface area contributed by atoms with Crippen LogP contribution in [0.4, 0.5) is 11.4 Å². The molecule has 19 heavy (non-hydrogen) atoms. The molecule has 0 aliphatic carbocycles. The first-order valence-electron chi connectivity index (χ1n) is 5.56. The molecule has 0 fully saturated rings. The van der Waals surface area contributed by atoms with E-state index in [1.54, 1.807) is 13.8 Å². The number of carbonyl (C=O) groups is 1. The van der Waals surface area contributed by atoms with Gasteiger partial charge < -0.3 is 15.2 Å². The number of carboxylic acids is 1. The third-order valence-electron chi connectivity index (χ3n) is 2.44. The number of nitrogens with zero attached hydrogens (tertiary/aromatic N) is 1. The predicted molar refractivity (Wildman–Crippen MR) is 69.6 cm³/mol. The molecular formula is C12H16N2O5. The van der Waals surface area contributed by atoms with E-state index in [1.165, 1.54) is 25.3 Å². The molecule has 0 heterocycles. The first-order valence-corrected chi connectivity index (χ1v) is 5.56. The zero-order valence-electron chi connectivity index (χ0n) is 11.0. The van der Waals surface area contributed by atoms with Gasteiger partial charge >= 0.3 is 5.97 Å². The normalized spacial score (nSPS) is 11.1. The van der Waals surface area contributed by atoms with Crippen LogP contribution in [0.5, 0.6) is 0 Å². The number of hydrogen-bond donors (Lipinski definition) is 2. The van der Waals surface area contributed by atoms with Crippen molar-refractivity contribution in [2.45, 2.75) is 19.4 Å². The van der Waals surface area contributed by atoms with Crippen LogP contribution in [-0.2, 0) is 4.74 Å². The minimum atomic E-state index is -1.22. The van der Waals surface area contributed by atoms with E-state index in [0.717, 1.165) is 0 Å². The zero-order valence-corrected chi connectivity index (χ0v) is 11.0. The minimum Gasteiger partial charge on any atom is -0.478 e. The van der Waals surface area contributed by atoms with E-state index in [1.807, 2.05) is 0 Å². The zero-order chi connectivity index (χ0) is 14.6. The molecule has 7 heteroatoms. The number of carboxylic acid groups (broad SMARTS) is 1. The highest BCUT2D eigenvalue weighted by Gasteiger charge is 2.27. The number of aromatic carboxylic acids is 1. The number of benzene rings is 1. The summed E-state index contributed by atoms with van der Waals surface area (Å²) in [5.41, 5.74) is -1.06. The van der Waals surface area contributed by atoms with Crippen molar-refractivity contribution in [2.24, 2.45) is 0 Å². The summed E-state index contributed by atoms with van der Waals surface area (Å²) in [6.07, 6.45) is 0. The summed E-state index contributed by atoms with van der Waals surface area (Å²) in [5, 5.41) is 23.0. The molecule has 0 spiro atoms. The molecule has 0 amide bonds. The van der Waals surface area contributed by atoms with Crippen LogP contribution in [0.1, 0.15) is 24.2 Å². The minimum absolute atomic E-state index is 0.0120. The van der Waals surface area contributed by atoms with Gasteiger partial charge in [0.15, 0.2) is 0 Å². The fraction of sp³-hybridized carbons (Fsp3) is 0.417. The van der Waals surface area contributed by atoms with Gasteiger partial charge in [-0.1, -0.05) is 6.07 Å². The second-order valence-electron chi connectivity index (χ2n) is 4.70. The fourth-order valence-corrected chi connectivity index (χ4v) is 1.74. The molecule has 0 radical (unpaired) electrons. The first-order chi connectivity index (χ1) is 8.78. The fourth-order valence-electron chi connectivity index (χ4n) is 1.74. The van der Waals surface area contributed by atoms with E-state index < -0.39 is 16.4 Å². The lowest BCUT2D eigenvalue weighted by molar-refractivity contribution is -0.384. The van der Waals surface area contributed by atoms with Gasteiger partial charge in [-0.15, -0.1) is 0 Å². The van der Waals surface area contributed by atoms with Crippen molar-refractivity contribution in [2.75, 3.05) is 19.0 Å². The Hall–Kier alpha value is -2.15. The van der Waals surface area contributed by atoms with E-state index in [0.29, 0.717) is 0 Å². The lowest BCUT2D eigenvalue weighted by Crippen LogP contribution is -2.36. The lowest BCUT2D eigenvalue weighted by Gasteiger charge is -2.27. The van der Waals surface area contributed by atoms with E-state index in [2.05, 4.69) is 5.32 Å². The molecule has 0 saturated heterocycles. The van der Waals surface area contributed by atoms with E-state index in [9.17, 15) is 14.9 Å². The summed E-state index contributed by atoms with van der Waals surface area (Å²) in [6, 6.07) is 3.92. The van der Waals surface area contributed by atoms with Gasteiger partial charge in [-0.3, -0.25) is 10.1 Å². The van der Waals surface area contributed by atoms with Gasteiger partial charge in [-0.2, -0.15) is 0 Å². The number of ether oxygens (including phenoxy) is 1. The SMILES string of the molecule is COCC(C)(C)Nc1c(C(=O)O)cccc1[N+](=O)[O-]. The van der Waals surface area contributed by atoms with Crippen molar-refractivity contribution in [3.8, 4) is 0 Å². The number of methoxy groups -OCH3 is 1. The Morgan fingerprint density at radius 1 is 1.53 bits per heavy atom. The first kappa shape index (κ1) is 14.9. The standard InChI is InChI=1S/C12H16N2O5/c1-12(2,7-19-3)13-10-8(11(15)16)5-4-6-9(10)14(17)18/h4-6,13H,7H2,1-3H3,(H,15,16). The van der Waals surface area contributed by atoms with E-state index in [-0.39, 0.29) is 23.5 Å². The van der Waals surface area contributed by atoms with Crippen molar-refractivity contribution in [3.05, 3.63) is 33.9 Å². The largest absolute Gasteiger partial charge is 0.478 e. The Balaban J connectivity index is 3.29. The van der Waals surface area contributed by atoms with Gasteiger partial charge in [-0.25, -0.2) is 4.79 Å². The van der Waals surface area contributed by atoms with Gasteiger partial charge in [0.05, 0.1) is 22.6 Å². The summed E-state index contributed by atoms with van der Waals surface area (Å²) in [6.45, 7) is 3.80. The van der Waals surface area contributed by atoms with Crippen LogP contribution in [0.3, 0.4) is 0 Å². The monoisotopic (exact) mass is 268 g/mol. The van der Waals surface area contributed by atoms with Gasteiger partial charge in [0.2, 0.25) is 0 Å². The number of hydrogen-bond acceptors (Lipinski definition) is 5. The van der Waals surface area contributed by atoms with Crippen LogP contribution < -0.4 is 5.32 Å². The molecular weight excluding hydrogens is 252 g/mol. The van der Waals surface area contributed by atoms with Crippen molar-refractivity contribution in [1.82, 2.24) is 0 Å². The van der Waals surface area contributed by atoms with Crippen LogP contribution in [0, 0.1) is 10.1 Å². The molecule has 0 atom stereocenters. The highest BCUT2D eigenvalue weighted by atomic mass is 16.6. The number of anilines is 1. The molecule has 2 N–H and O–H groups in total. The van der Waals surface area contributed by atoms with Gasteiger partial charge in [0.25, 0.3) is 5.69 Å². The van der Waals surface area contributed by atoms with Crippen molar-refractivity contribution < 1.29 is 19.6 Å². The number of nitro benzene ring substituents is 1. The average molecular weight is 268 g/mol. The number of nitro groups is 1. The maximum Gasteiger partial charge on any atom is 0.338 e. The Kier molecular flexibility index (Phi) is 4.44. The molecule has 104 valence electrons. The Morgan fingerprint density at radius 3 is 2.63 bits per heavy atom. The van der Waals surface area contributed by atoms with Crippen LogP contribution in [0.2, 0.25) is 0 Å². The molecule has 1 aromatic rings. The molecule has 1 rings (SSSR count). The third kappa shape index (κ3) is 3.65. The maximum atomic E-state index is 11.1. The van der Waals surface area contributed by atoms with Crippen LogP contribution in [0.25, 0.3) is 0 Å². The van der Waals surface area contributed by atoms with Crippen LogP contribution in [-0.4, -0.2) is 35.3 Å². The number of nitrogens with one attached hydrogen (secondary N) is 1. The molecule has 0 saturated carbocycles. The van der Waals surface area contributed by atoms with E-state index in [4.69, 9.17) is 9.84 Å². The predicted octanol–water partition coefficient (Wildman–Crippen LogP) is 2.13. The summed E-state index contributed by atoms with van der Waals surface area (Å²) in [5.74, 6) is -1.22. The van der Waals surface area contributed by atoms with Crippen LogP contribution >= 0.6 is 0 Å². The summed E-state index contributed by atoms with van der Waals surface area (Å²) in [7, 11) is 1.50. The van der Waals surface area contributed by atoms with Gasteiger partial charge in [-0.05, 0) is 19.9 Å². The highest BCUT2D eigenvalue weighted by Crippen LogP contribution is 2.30. The molecule has 0 unspecified atom stereocenters. The third-order valence-corrected chi connectivity index (χ3v) is 2.44. The smallest absolute Gasteiger partial charge is 0.338 e. The average Bonchev–Trinajstić information content (AvgIpc) is 2.27. The van der Waals surface area contributed by atoms with Gasteiger partial charge in [0.1, 0.15) is 5.69 Å². The van der Waals surface area contributed by atoms with Crippen molar-refractivity contribution in [1.29, 1.82) is 0 Å². The lowest BCUT2D eigenvalue weighted by atomic mass is 10.0. The van der Waals surface area contributed by atoms with Crippen molar-refractivity contribution in [3.63, 3.8) is 0 Å². The molecule has 1 aromatic carbocycles. The second kappa shape index (κ2) is 5.66. The Morgan fingerprint density at radius 2 is 2.16 bits per heavy atom. The number of rotatable bonds is 6. The molecule has 0 aliphatic rings. The molecule has 0 aliphatic heterocycles.